The normalized spacial score (nSPS) is 13.5. The number of hydrogen-bond acceptors (Lipinski definition) is 1. The molecule has 0 aliphatic carbocycles. The minimum absolute atomic E-state index is 0.0335. The number of benzene rings is 1. The molecule has 70 valence electrons. The van der Waals surface area contributed by atoms with Crippen LogP contribution in [-0.2, 0) is 0 Å². The van der Waals surface area contributed by atoms with E-state index in [9.17, 15) is 4.39 Å². The molecular weight excluding hydrogens is 165 g/mol. The SMILES string of the molecule is C/C=C/C(C)c1c(N)cccc1F. The Hall–Kier alpha value is -1.31. The summed E-state index contributed by atoms with van der Waals surface area (Å²) in [7, 11) is 0. The van der Waals surface area contributed by atoms with E-state index in [1.165, 1.54) is 6.07 Å². The number of hydrogen-bond donors (Lipinski definition) is 1. The topological polar surface area (TPSA) is 26.0 Å². The highest BCUT2D eigenvalue weighted by Gasteiger charge is 2.10. The van der Waals surface area contributed by atoms with Crippen molar-refractivity contribution in [2.24, 2.45) is 0 Å². The van der Waals surface area contributed by atoms with Gasteiger partial charge in [0.05, 0.1) is 0 Å². The smallest absolute Gasteiger partial charge is 0.129 e. The Labute approximate surface area is 78.1 Å². The van der Waals surface area contributed by atoms with Gasteiger partial charge in [-0.1, -0.05) is 25.1 Å². The summed E-state index contributed by atoms with van der Waals surface area (Å²) in [5, 5.41) is 0. The van der Waals surface area contributed by atoms with E-state index in [1.807, 2.05) is 26.0 Å². The maximum atomic E-state index is 13.3. The van der Waals surface area contributed by atoms with Crippen LogP contribution in [-0.4, -0.2) is 0 Å². The molecule has 1 unspecified atom stereocenters. The number of halogens is 1. The fourth-order valence-electron chi connectivity index (χ4n) is 1.42. The van der Waals surface area contributed by atoms with Crippen LogP contribution in [0.25, 0.3) is 0 Å². The summed E-state index contributed by atoms with van der Waals surface area (Å²) >= 11 is 0. The van der Waals surface area contributed by atoms with Crippen molar-refractivity contribution in [1.29, 1.82) is 0 Å². The van der Waals surface area contributed by atoms with Gasteiger partial charge in [-0.2, -0.15) is 0 Å². The van der Waals surface area contributed by atoms with E-state index in [2.05, 4.69) is 0 Å². The molecule has 0 saturated heterocycles. The summed E-state index contributed by atoms with van der Waals surface area (Å²) in [5.41, 5.74) is 6.78. The zero-order chi connectivity index (χ0) is 9.84. The Morgan fingerprint density at radius 2 is 2.15 bits per heavy atom. The molecule has 0 radical (unpaired) electrons. The molecule has 0 aromatic heterocycles. The number of anilines is 1. The lowest BCUT2D eigenvalue weighted by Crippen LogP contribution is -2.00. The molecule has 0 aliphatic heterocycles. The average Bonchev–Trinajstić information content (AvgIpc) is 2.04. The zero-order valence-electron chi connectivity index (χ0n) is 7.92. The lowest BCUT2D eigenvalue weighted by atomic mass is 9.98. The second kappa shape index (κ2) is 4.08. The van der Waals surface area contributed by atoms with Crippen molar-refractivity contribution in [2.45, 2.75) is 19.8 Å². The van der Waals surface area contributed by atoms with Crippen LogP contribution in [0.5, 0.6) is 0 Å². The first-order valence-corrected chi connectivity index (χ1v) is 4.33. The highest BCUT2D eigenvalue weighted by atomic mass is 19.1. The van der Waals surface area contributed by atoms with Crippen LogP contribution in [0.1, 0.15) is 25.3 Å². The third kappa shape index (κ3) is 2.08. The summed E-state index contributed by atoms with van der Waals surface area (Å²) in [5.74, 6) is -0.197. The minimum Gasteiger partial charge on any atom is -0.398 e. The Kier molecular flexibility index (Phi) is 3.07. The predicted octanol–water partition coefficient (Wildman–Crippen LogP) is 3.09. The van der Waals surface area contributed by atoms with Gasteiger partial charge in [-0.05, 0) is 19.1 Å². The summed E-state index contributed by atoms with van der Waals surface area (Å²) in [6, 6.07) is 4.78. The van der Waals surface area contributed by atoms with E-state index < -0.39 is 0 Å². The van der Waals surface area contributed by atoms with Crippen molar-refractivity contribution in [1.82, 2.24) is 0 Å². The maximum absolute atomic E-state index is 13.3. The van der Waals surface area contributed by atoms with Gasteiger partial charge in [0.2, 0.25) is 0 Å². The molecule has 0 fully saturated rings. The van der Waals surface area contributed by atoms with Gasteiger partial charge in [-0.15, -0.1) is 0 Å². The van der Waals surface area contributed by atoms with E-state index in [0.717, 1.165) is 0 Å². The largest absolute Gasteiger partial charge is 0.398 e. The van der Waals surface area contributed by atoms with Crippen molar-refractivity contribution in [2.75, 3.05) is 5.73 Å². The van der Waals surface area contributed by atoms with E-state index in [0.29, 0.717) is 11.3 Å². The lowest BCUT2D eigenvalue weighted by Gasteiger charge is -2.10. The van der Waals surface area contributed by atoms with E-state index in [4.69, 9.17) is 5.73 Å². The van der Waals surface area contributed by atoms with Gasteiger partial charge in [-0.3, -0.25) is 0 Å². The maximum Gasteiger partial charge on any atom is 0.129 e. The Bertz CT molecular complexity index is 298. The third-order valence-electron chi connectivity index (χ3n) is 2.02. The fourth-order valence-corrected chi connectivity index (χ4v) is 1.42. The average molecular weight is 179 g/mol. The quantitative estimate of drug-likeness (QED) is 0.548. The molecule has 1 rings (SSSR count). The Morgan fingerprint density at radius 1 is 1.46 bits per heavy atom. The van der Waals surface area contributed by atoms with Gasteiger partial charge < -0.3 is 5.73 Å². The second-order valence-corrected chi connectivity index (χ2v) is 3.06. The Morgan fingerprint density at radius 3 is 2.69 bits per heavy atom. The molecule has 1 atom stereocenters. The summed E-state index contributed by atoms with van der Waals surface area (Å²) in [6.07, 6.45) is 3.82. The molecule has 0 spiro atoms. The summed E-state index contributed by atoms with van der Waals surface area (Å²) in [6.45, 7) is 3.84. The van der Waals surface area contributed by atoms with Gasteiger partial charge >= 0.3 is 0 Å². The molecule has 13 heavy (non-hydrogen) atoms. The van der Waals surface area contributed by atoms with Gasteiger partial charge in [-0.25, -0.2) is 4.39 Å². The first-order chi connectivity index (χ1) is 6.16. The number of nitrogen functional groups attached to an aromatic ring is 1. The van der Waals surface area contributed by atoms with Gasteiger partial charge in [0, 0.05) is 17.2 Å². The Balaban J connectivity index is 3.12. The minimum atomic E-state index is -0.231. The first kappa shape index (κ1) is 9.78. The van der Waals surface area contributed by atoms with E-state index in [1.54, 1.807) is 12.1 Å². The van der Waals surface area contributed by atoms with Gasteiger partial charge in [0.1, 0.15) is 5.82 Å². The van der Waals surface area contributed by atoms with Crippen molar-refractivity contribution in [3.05, 3.63) is 41.7 Å². The zero-order valence-corrected chi connectivity index (χ0v) is 7.92. The van der Waals surface area contributed by atoms with Gasteiger partial charge in [0.25, 0.3) is 0 Å². The number of rotatable bonds is 2. The standard InChI is InChI=1S/C11H14FN/c1-3-5-8(2)11-9(12)6-4-7-10(11)13/h3-8H,13H2,1-2H3/b5-3+. The third-order valence-corrected chi connectivity index (χ3v) is 2.02. The highest BCUT2D eigenvalue weighted by molar-refractivity contribution is 5.50. The van der Waals surface area contributed by atoms with Crippen LogP contribution >= 0.6 is 0 Å². The van der Waals surface area contributed by atoms with Crippen LogP contribution in [0.2, 0.25) is 0 Å². The van der Waals surface area contributed by atoms with E-state index >= 15 is 0 Å². The van der Waals surface area contributed by atoms with Crippen molar-refractivity contribution in [3.8, 4) is 0 Å². The first-order valence-electron chi connectivity index (χ1n) is 4.33. The molecule has 0 bridgehead atoms. The fraction of sp³-hybridized carbons (Fsp3) is 0.273. The highest BCUT2D eigenvalue weighted by Crippen LogP contribution is 2.25. The van der Waals surface area contributed by atoms with Crippen molar-refractivity contribution < 1.29 is 4.39 Å². The molecule has 1 aromatic carbocycles. The summed E-state index contributed by atoms with van der Waals surface area (Å²) in [4.78, 5) is 0. The molecule has 0 saturated carbocycles. The molecule has 2 N–H and O–H groups in total. The van der Waals surface area contributed by atoms with Crippen molar-refractivity contribution >= 4 is 5.69 Å². The predicted molar refractivity (Wildman–Crippen MR) is 54.0 cm³/mol. The summed E-state index contributed by atoms with van der Waals surface area (Å²) < 4.78 is 13.3. The molecule has 0 aliphatic rings. The second-order valence-electron chi connectivity index (χ2n) is 3.06. The molecule has 2 heteroatoms. The van der Waals surface area contributed by atoms with Crippen LogP contribution in [0.15, 0.2) is 30.4 Å². The number of nitrogens with two attached hydrogens (primary N) is 1. The van der Waals surface area contributed by atoms with E-state index in [-0.39, 0.29) is 11.7 Å². The van der Waals surface area contributed by atoms with Crippen molar-refractivity contribution in [3.63, 3.8) is 0 Å². The van der Waals surface area contributed by atoms with Gasteiger partial charge in [0.15, 0.2) is 0 Å². The van der Waals surface area contributed by atoms with Crippen LogP contribution < -0.4 is 5.73 Å². The molecule has 1 nitrogen and oxygen atoms in total. The van der Waals surface area contributed by atoms with Crippen LogP contribution in [0.3, 0.4) is 0 Å². The van der Waals surface area contributed by atoms with Crippen LogP contribution in [0.4, 0.5) is 10.1 Å². The molecule has 1 aromatic rings. The van der Waals surface area contributed by atoms with Crippen LogP contribution in [0, 0.1) is 5.82 Å². The monoisotopic (exact) mass is 179 g/mol. The number of allylic oxidation sites excluding steroid dienone is 2. The molecular formula is C11H14FN. The lowest BCUT2D eigenvalue weighted by molar-refractivity contribution is 0.606. The molecule has 0 heterocycles. The molecule has 0 amide bonds.